The third kappa shape index (κ3) is 3.97. The Bertz CT molecular complexity index is 293. The molecule has 0 bridgehead atoms. The number of morpholine rings is 2. The molecule has 0 radical (unpaired) electrons. The van der Waals surface area contributed by atoms with Gasteiger partial charge in [0.25, 0.3) is 11.5 Å². The molecule has 2 heterocycles. The maximum Gasteiger partial charge on any atom is 0.285 e. The molecule has 0 spiro atoms. The highest BCUT2D eigenvalue weighted by molar-refractivity contribution is 8.13. The molecule has 0 amide bonds. The average molecular weight is 258 g/mol. The summed E-state index contributed by atoms with van der Waals surface area (Å²) in [6, 6.07) is 0. The molecule has 0 aromatic rings. The van der Waals surface area contributed by atoms with E-state index in [1.807, 2.05) is 6.34 Å². The molecule has 0 atom stereocenters. The van der Waals surface area contributed by atoms with Crippen LogP contribution in [-0.2, 0) is 9.47 Å². The number of aliphatic imine (C=N–C) groups is 1. The number of thioether (sulfide) groups is 1. The average Bonchev–Trinajstić information content (AvgIpc) is 2.42. The second kappa shape index (κ2) is 6.98. The van der Waals surface area contributed by atoms with Crippen molar-refractivity contribution in [1.29, 1.82) is 0 Å². The van der Waals surface area contributed by atoms with E-state index in [1.165, 1.54) is 0 Å². The highest BCUT2D eigenvalue weighted by Gasteiger charge is 2.18. The Labute approximate surface area is 106 Å². The van der Waals surface area contributed by atoms with Gasteiger partial charge >= 0.3 is 0 Å². The van der Waals surface area contributed by atoms with Crippen molar-refractivity contribution < 1.29 is 14.0 Å². The van der Waals surface area contributed by atoms with E-state index in [4.69, 9.17) is 9.47 Å². The van der Waals surface area contributed by atoms with Crippen LogP contribution in [0.5, 0.6) is 0 Å². The van der Waals surface area contributed by atoms with Crippen molar-refractivity contribution in [3.05, 3.63) is 0 Å². The first-order valence-corrected chi connectivity index (χ1v) is 7.22. The van der Waals surface area contributed by atoms with E-state index in [9.17, 15) is 0 Å². The first-order valence-electron chi connectivity index (χ1n) is 6.00. The summed E-state index contributed by atoms with van der Waals surface area (Å²) in [4.78, 5) is 6.87. The molecule has 2 aliphatic heterocycles. The molecule has 0 aromatic carbocycles. The summed E-state index contributed by atoms with van der Waals surface area (Å²) in [6.45, 7) is 6.97. The minimum atomic E-state index is 0.803. The summed E-state index contributed by atoms with van der Waals surface area (Å²) in [5, 5.41) is 1.08. The van der Waals surface area contributed by atoms with Crippen molar-refractivity contribution in [2.75, 3.05) is 58.9 Å². The Balaban J connectivity index is 1.95. The van der Waals surface area contributed by atoms with Crippen LogP contribution in [0.3, 0.4) is 0 Å². The van der Waals surface area contributed by atoms with Crippen LogP contribution in [0.25, 0.3) is 0 Å². The summed E-state index contributed by atoms with van der Waals surface area (Å²) in [6.07, 6.45) is 4.02. The van der Waals surface area contributed by atoms with Gasteiger partial charge in [0.1, 0.15) is 13.1 Å². The fourth-order valence-electron chi connectivity index (χ4n) is 1.84. The molecule has 0 N–H and O–H groups in total. The van der Waals surface area contributed by atoms with Crippen LogP contribution in [-0.4, -0.2) is 79.8 Å². The Hall–Kier alpha value is -0.590. The van der Waals surface area contributed by atoms with Gasteiger partial charge in [0.05, 0.1) is 26.4 Å². The molecule has 0 aliphatic carbocycles. The van der Waals surface area contributed by atoms with Crippen LogP contribution in [0.2, 0.25) is 0 Å². The summed E-state index contributed by atoms with van der Waals surface area (Å²) in [7, 11) is 0. The van der Waals surface area contributed by atoms with Gasteiger partial charge in [-0.3, -0.25) is 4.58 Å². The van der Waals surface area contributed by atoms with E-state index in [0.717, 1.165) is 57.8 Å². The summed E-state index contributed by atoms with van der Waals surface area (Å²) < 4.78 is 12.9. The van der Waals surface area contributed by atoms with Crippen molar-refractivity contribution in [3.8, 4) is 0 Å². The van der Waals surface area contributed by atoms with Gasteiger partial charge in [-0.1, -0.05) is 11.8 Å². The maximum atomic E-state index is 5.35. The lowest BCUT2D eigenvalue weighted by molar-refractivity contribution is -0.545. The van der Waals surface area contributed by atoms with Crippen LogP contribution in [0.4, 0.5) is 0 Å². The van der Waals surface area contributed by atoms with Crippen molar-refractivity contribution in [1.82, 2.24) is 4.90 Å². The Morgan fingerprint density at radius 2 is 1.82 bits per heavy atom. The number of hydrogen-bond donors (Lipinski definition) is 0. The lowest BCUT2D eigenvalue weighted by Gasteiger charge is -2.25. The van der Waals surface area contributed by atoms with Gasteiger partial charge in [-0.15, -0.1) is 0 Å². The standard InChI is InChI=1S/C11H20N3O2S/c1-17-11(14-4-8-16-9-5-14)12-10-13-2-6-15-7-3-13/h10H,2-9H2,1H3/q+1. The van der Waals surface area contributed by atoms with Gasteiger partial charge in [-0.25, -0.2) is 0 Å². The number of ether oxygens (including phenoxy) is 2. The fraction of sp³-hybridized carbons (Fsp3) is 0.818. The van der Waals surface area contributed by atoms with Crippen LogP contribution in [0, 0.1) is 0 Å². The highest BCUT2D eigenvalue weighted by Crippen LogP contribution is 2.07. The molecule has 17 heavy (non-hydrogen) atoms. The molecule has 2 rings (SSSR count). The molecular weight excluding hydrogens is 238 g/mol. The van der Waals surface area contributed by atoms with Gasteiger partial charge in [0.15, 0.2) is 0 Å². The van der Waals surface area contributed by atoms with Crippen molar-refractivity contribution in [2.24, 2.45) is 4.99 Å². The van der Waals surface area contributed by atoms with E-state index in [1.54, 1.807) is 11.8 Å². The third-order valence-corrected chi connectivity index (χ3v) is 3.57. The third-order valence-electron chi connectivity index (χ3n) is 2.84. The van der Waals surface area contributed by atoms with Gasteiger partial charge < -0.3 is 14.4 Å². The monoisotopic (exact) mass is 258 g/mol. The number of hydrogen-bond acceptors (Lipinski definition) is 3. The molecule has 0 aromatic heterocycles. The lowest BCUT2D eigenvalue weighted by Crippen LogP contribution is -2.39. The predicted molar refractivity (Wildman–Crippen MR) is 70.2 cm³/mol. The van der Waals surface area contributed by atoms with E-state index in [-0.39, 0.29) is 0 Å². The van der Waals surface area contributed by atoms with Gasteiger partial charge in [0, 0.05) is 13.1 Å². The topological polar surface area (TPSA) is 37.1 Å². The molecular formula is C11H20N3O2S+. The summed E-state index contributed by atoms with van der Waals surface area (Å²) >= 11 is 1.70. The van der Waals surface area contributed by atoms with Gasteiger partial charge in [-0.05, 0) is 11.2 Å². The molecule has 2 saturated heterocycles. The fourth-order valence-corrected chi connectivity index (χ4v) is 2.44. The molecule has 0 saturated carbocycles. The SMILES string of the molecule is CSC(=NC=[N+]1CCOCC1)N1CCOCC1. The molecule has 2 aliphatic rings. The zero-order valence-corrected chi connectivity index (χ0v) is 11.1. The smallest absolute Gasteiger partial charge is 0.285 e. The van der Waals surface area contributed by atoms with Crippen LogP contribution in [0.15, 0.2) is 4.99 Å². The Kier molecular flexibility index (Phi) is 5.28. The minimum absolute atomic E-state index is 0.803. The quantitative estimate of drug-likeness (QED) is 0.380. The zero-order chi connectivity index (χ0) is 11.9. The highest BCUT2D eigenvalue weighted by atomic mass is 32.2. The molecule has 96 valence electrons. The molecule has 6 heteroatoms. The minimum Gasteiger partial charge on any atom is -0.378 e. The van der Waals surface area contributed by atoms with Crippen molar-refractivity contribution >= 4 is 23.3 Å². The molecule has 2 fully saturated rings. The normalized spacial score (nSPS) is 22.8. The number of rotatable bonds is 1. The van der Waals surface area contributed by atoms with Gasteiger partial charge in [-0.2, -0.15) is 0 Å². The summed E-state index contributed by atoms with van der Waals surface area (Å²) in [5.41, 5.74) is 0. The second-order valence-electron chi connectivity index (χ2n) is 3.98. The first-order chi connectivity index (χ1) is 8.40. The lowest BCUT2D eigenvalue weighted by atomic mass is 10.5. The van der Waals surface area contributed by atoms with Crippen LogP contribution in [0.1, 0.15) is 0 Å². The van der Waals surface area contributed by atoms with Crippen LogP contribution < -0.4 is 0 Å². The van der Waals surface area contributed by atoms with E-state index in [0.29, 0.717) is 0 Å². The second-order valence-corrected chi connectivity index (χ2v) is 4.75. The molecule has 5 nitrogen and oxygen atoms in total. The number of amidine groups is 1. The Morgan fingerprint density at radius 3 is 2.47 bits per heavy atom. The molecule has 0 unspecified atom stereocenters. The zero-order valence-electron chi connectivity index (χ0n) is 10.3. The van der Waals surface area contributed by atoms with Crippen molar-refractivity contribution in [2.45, 2.75) is 0 Å². The van der Waals surface area contributed by atoms with Gasteiger partial charge in [0.2, 0.25) is 0 Å². The van der Waals surface area contributed by atoms with E-state index < -0.39 is 0 Å². The van der Waals surface area contributed by atoms with E-state index >= 15 is 0 Å². The van der Waals surface area contributed by atoms with E-state index in [2.05, 4.69) is 20.7 Å². The number of nitrogens with zero attached hydrogens (tertiary/aromatic N) is 3. The van der Waals surface area contributed by atoms with Crippen LogP contribution >= 0.6 is 11.8 Å². The van der Waals surface area contributed by atoms with Crippen molar-refractivity contribution in [3.63, 3.8) is 0 Å². The first kappa shape index (κ1) is 12.9. The Morgan fingerprint density at radius 1 is 1.18 bits per heavy atom. The largest absolute Gasteiger partial charge is 0.378 e. The predicted octanol–water partition coefficient (Wildman–Crippen LogP) is 0.109. The maximum absolute atomic E-state index is 5.35. The summed E-state index contributed by atoms with van der Waals surface area (Å²) in [5.74, 6) is 0.